The van der Waals surface area contributed by atoms with E-state index in [0.29, 0.717) is 11.5 Å². The molecule has 1 saturated heterocycles. The molecule has 0 saturated carbocycles. The van der Waals surface area contributed by atoms with Crippen LogP contribution in [-0.2, 0) is 9.47 Å². The molecule has 0 aromatic rings. The van der Waals surface area contributed by atoms with E-state index in [4.69, 9.17) is 21.1 Å². The van der Waals surface area contributed by atoms with Gasteiger partial charge in [-0.2, -0.15) is 0 Å². The number of amides is 2. The number of hydrogen-bond acceptors (Lipinski definition) is 5. The number of carbonyl (C=O) groups excluding carboxylic acids is 2. The van der Waals surface area contributed by atoms with Gasteiger partial charge < -0.3 is 20.1 Å². The molecule has 0 aromatic carbocycles. The molecular formula is C11H14ClN3O4. The first-order chi connectivity index (χ1) is 9.01. The van der Waals surface area contributed by atoms with Crippen LogP contribution in [0.1, 0.15) is 13.8 Å². The average molecular weight is 288 g/mol. The number of alkyl halides is 1. The second-order valence-corrected chi connectivity index (χ2v) is 4.54. The average Bonchev–Trinajstić information content (AvgIpc) is 2.31. The van der Waals surface area contributed by atoms with Crippen molar-refractivity contribution < 1.29 is 19.1 Å². The standard InChI is InChI=1S/C11H14ClN3O4/c1-3-18-11(17)19-7-4-6-8(12)14-10(16)15-9(6)13-5(7)2/h4,6,8-9H,3H2,1-2H3,(H2,14,15,16). The minimum Gasteiger partial charge on any atom is -0.434 e. The Kier molecular flexibility index (Phi) is 3.94. The fourth-order valence-electron chi connectivity index (χ4n) is 1.86. The van der Waals surface area contributed by atoms with E-state index >= 15 is 0 Å². The Labute approximate surface area is 115 Å². The van der Waals surface area contributed by atoms with E-state index in [9.17, 15) is 9.59 Å². The van der Waals surface area contributed by atoms with Gasteiger partial charge >= 0.3 is 12.2 Å². The van der Waals surface area contributed by atoms with Crippen LogP contribution in [0.4, 0.5) is 9.59 Å². The van der Waals surface area contributed by atoms with Crippen LogP contribution >= 0.6 is 11.6 Å². The maximum Gasteiger partial charge on any atom is 0.513 e. The molecule has 3 unspecified atom stereocenters. The second kappa shape index (κ2) is 5.48. The molecule has 0 radical (unpaired) electrons. The maximum absolute atomic E-state index is 11.3. The largest absolute Gasteiger partial charge is 0.513 e. The van der Waals surface area contributed by atoms with Crippen LogP contribution in [0.5, 0.6) is 0 Å². The Morgan fingerprint density at radius 2 is 2.26 bits per heavy atom. The van der Waals surface area contributed by atoms with Gasteiger partial charge in [0.2, 0.25) is 0 Å². The van der Waals surface area contributed by atoms with Gasteiger partial charge in [-0.25, -0.2) is 9.59 Å². The maximum atomic E-state index is 11.3. The Balaban J connectivity index is 2.14. The number of nitrogens with zero attached hydrogens (tertiary/aromatic N) is 1. The summed E-state index contributed by atoms with van der Waals surface area (Å²) in [6.45, 7) is 3.59. The number of dihydropyridines is 1. The van der Waals surface area contributed by atoms with Crippen LogP contribution in [0.3, 0.4) is 0 Å². The minimum absolute atomic E-state index is 0.226. The molecule has 2 aliphatic heterocycles. The molecule has 1 fully saturated rings. The van der Waals surface area contributed by atoms with Gasteiger partial charge in [-0.05, 0) is 19.9 Å². The van der Waals surface area contributed by atoms with Crippen LogP contribution in [0, 0.1) is 5.92 Å². The van der Waals surface area contributed by atoms with Crippen LogP contribution < -0.4 is 10.6 Å². The molecule has 2 rings (SSSR count). The van der Waals surface area contributed by atoms with Crippen molar-refractivity contribution in [2.24, 2.45) is 10.9 Å². The molecule has 2 heterocycles. The molecule has 8 heteroatoms. The smallest absolute Gasteiger partial charge is 0.434 e. The van der Waals surface area contributed by atoms with E-state index in [1.54, 1.807) is 19.9 Å². The van der Waals surface area contributed by atoms with E-state index < -0.39 is 17.8 Å². The minimum atomic E-state index is -0.791. The first kappa shape index (κ1) is 13.7. The molecule has 19 heavy (non-hydrogen) atoms. The van der Waals surface area contributed by atoms with Crippen LogP contribution in [0.2, 0.25) is 0 Å². The third kappa shape index (κ3) is 2.98. The van der Waals surface area contributed by atoms with Crippen molar-refractivity contribution in [2.75, 3.05) is 6.61 Å². The van der Waals surface area contributed by atoms with Crippen molar-refractivity contribution in [3.63, 3.8) is 0 Å². The molecular weight excluding hydrogens is 274 g/mol. The zero-order chi connectivity index (χ0) is 14.0. The second-order valence-electron chi connectivity index (χ2n) is 4.07. The molecule has 2 amide bonds. The van der Waals surface area contributed by atoms with Crippen molar-refractivity contribution in [1.29, 1.82) is 0 Å². The van der Waals surface area contributed by atoms with Crippen LogP contribution in [-0.4, -0.2) is 36.2 Å². The third-order valence-electron chi connectivity index (χ3n) is 2.74. The molecule has 0 bridgehead atoms. The van der Waals surface area contributed by atoms with Crippen LogP contribution in [0.15, 0.2) is 16.8 Å². The Bertz CT molecular complexity index is 463. The summed E-state index contributed by atoms with van der Waals surface area (Å²) in [5.41, 5.74) is -0.114. The summed E-state index contributed by atoms with van der Waals surface area (Å²) in [7, 11) is 0. The Morgan fingerprint density at radius 1 is 1.53 bits per heavy atom. The molecule has 2 aliphatic rings. The van der Waals surface area contributed by atoms with Gasteiger partial charge in [-0.1, -0.05) is 11.6 Å². The number of halogens is 1. The monoisotopic (exact) mass is 287 g/mol. The number of allylic oxidation sites excluding steroid dienone is 1. The summed E-state index contributed by atoms with van der Waals surface area (Å²) in [6, 6.07) is -0.374. The SMILES string of the molecule is CCOC(=O)OC1=CC2C(Cl)NC(=O)NC2N=C1C. The number of nitrogens with one attached hydrogen (secondary N) is 2. The van der Waals surface area contributed by atoms with E-state index in [1.807, 2.05) is 0 Å². The highest BCUT2D eigenvalue weighted by Gasteiger charge is 2.37. The molecule has 0 aliphatic carbocycles. The highest BCUT2D eigenvalue weighted by Crippen LogP contribution is 2.26. The van der Waals surface area contributed by atoms with E-state index in [1.165, 1.54) is 0 Å². The van der Waals surface area contributed by atoms with E-state index in [-0.39, 0.29) is 18.6 Å². The van der Waals surface area contributed by atoms with Gasteiger partial charge in [-0.15, -0.1) is 0 Å². The Morgan fingerprint density at radius 3 is 2.95 bits per heavy atom. The van der Waals surface area contributed by atoms with Gasteiger partial charge in [0.25, 0.3) is 0 Å². The number of ether oxygens (including phenoxy) is 2. The fraction of sp³-hybridized carbons (Fsp3) is 0.545. The molecule has 0 aromatic heterocycles. The molecule has 0 spiro atoms. The van der Waals surface area contributed by atoms with Crippen molar-refractivity contribution in [1.82, 2.24) is 10.6 Å². The zero-order valence-electron chi connectivity index (χ0n) is 10.5. The lowest BCUT2D eigenvalue weighted by atomic mass is 9.99. The van der Waals surface area contributed by atoms with Crippen LogP contribution in [0.25, 0.3) is 0 Å². The lowest BCUT2D eigenvalue weighted by molar-refractivity contribution is 0.0842. The fourth-order valence-corrected chi connectivity index (χ4v) is 2.17. The lowest BCUT2D eigenvalue weighted by Crippen LogP contribution is -2.58. The predicted octanol–water partition coefficient (Wildman–Crippen LogP) is 1.34. The summed E-state index contributed by atoms with van der Waals surface area (Å²) < 4.78 is 9.74. The van der Waals surface area contributed by atoms with E-state index in [0.717, 1.165) is 0 Å². The Hall–Kier alpha value is -1.76. The topological polar surface area (TPSA) is 89.0 Å². The zero-order valence-corrected chi connectivity index (χ0v) is 11.2. The lowest BCUT2D eigenvalue weighted by Gasteiger charge is -2.35. The summed E-state index contributed by atoms with van der Waals surface area (Å²) in [5, 5.41) is 5.16. The molecule has 3 atom stereocenters. The number of rotatable bonds is 2. The molecule has 7 nitrogen and oxygen atoms in total. The third-order valence-corrected chi connectivity index (χ3v) is 3.14. The first-order valence-corrected chi connectivity index (χ1v) is 6.27. The van der Waals surface area contributed by atoms with Crippen molar-refractivity contribution in [2.45, 2.75) is 25.5 Å². The summed E-state index contributed by atoms with van der Waals surface area (Å²) in [6.07, 6.45) is 0.417. The predicted molar refractivity (Wildman–Crippen MR) is 67.9 cm³/mol. The first-order valence-electron chi connectivity index (χ1n) is 5.83. The highest BCUT2D eigenvalue weighted by atomic mass is 35.5. The van der Waals surface area contributed by atoms with Gasteiger partial charge in [0.1, 0.15) is 11.7 Å². The number of hydrogen-bond donors (Lipinski definition) is 2. The number of aliphatic imine (C=N–C) groups is 1. The normalized spacial score (nSPS) is 29.2. The summed E-state index contributed by atoms with van der Waals surface area (Å²) in [4.78, 5) is 26.8. The van der Waals surface area contributed by atoms with Crippen molar-refractivity contribution in [3.8, 4) is 0 Å². The van der Waals surface area contributed by atoms with E-state index in [2.05, 4.69) is 15.6 Å². The molecule has 2 N–H and O–H groups in total. The van der Waals surface area contributed by atoms with Gasteiger partial charge in [0, 0.05) is 0 Å². The highest BCUT2D eigenvalue weighted by molar-refractivity contribution is 6.22. The number of carbonyl (C=O) groups is 2. The molecule has 104 valence electrons. The quantitative estimate of drug-likeness (QED) is 0.456. The number of fused-ring (bicyclic) bond motifs is 1. The van der Waals surface area contributed by atoms with Gasteiger partial charge in [0.15, 0.2) is 5.76 Å². The van der Waals surface area contributed by atoms with Gasteiger partial charge in [-0.3, -0.25) is 4.99 Å². The summed E-state index contributed by atoms with van der Waals surface area (Å²) >= 11 is 6.04. The number of urea groups is 1. The van der Waals surface area contributed by atoms with Crippen molar-refractivity contribution in [3.05, 3.63) is 11.8 Å². The summed E-state index contributed by atoms with van der Waals surface area (Å²) in [5.74, 6) is -0.00390. The van der Waals surface area contributed by atoms with Crippen molar-refractivity contribution >= 4 is 29.5 Å². The van der Waals surface area contributed by atoms with Gasteiger partial charge in [0.05, 0.1) is 18.2 Å².